The lowest BCUT2D eigenvalue weighted by atomic mass is 10.1. The molecule has 1 amide bonds. The number of nitrogens with one attached hydrogen (secondary N) is 1. The van der Waals surface area contributed by atoms with Gasteiger partial charge in [-0.25, -0.2) is 9.78 Å². The van der Waals surface area contributed by atoms with E-state index < -0.39 is 17.7 Å². The van der Waals surface area contributed by atoms with Crippen molar-refractivity contribution in [2.75, 3.05) is 5.32 Å². The van der Waals surface area contributed by atoms with Crippen molar-refractivity contribution in [3.63, 3.8) is 0 Å². The van der Waals surface area contributed by atoms with Crippen LogP contribution < -0.4 is 5.32 Å². The predicted octanol–water partition coefficient (Wildman–Crippen LogP) is 3.76. The zero-order valence-electron chi connectivity index (χ0n) is 12.6. The van der Waals surface area contributed by atoms with E-state index in [1.807, 2.05) is 13.0 Å². The molecule has 0 aliphatic carbocycles. The van der Waals surface area contributed by atoms with E-state index in [9.17, 15) is 9.59 Å². The molecule has 0 aliphatic heterocycles. The maximum Gasteiger partial charge on any atom is 0.413 e. The molecule has 0 aliphatic rings. The minimum absolute atomic E-state index is 0.0938. The van der Waals surface area contributed by atoms with E-state index in [0.717, 1.165) is 6.42 Å². The van der Waals surface area contributed by atoms with Crippen LogP contribution in [0.1, 0.15) is 46.2 Å². The molecule has 0 atom stereocenters. The van der Waals surface area contributed by atoms with E-state index in [0.29, 0.717) is 16.4 Å². The summed E-state index contributed by atoms with van der Waals surface area (Å²) in [6.45, 7) is 7.24. The first-order chi connectivity index (χ1) is 9.71. The van der Waals surface area contributed by atoms with Crippen molar-refractivity contribution in [3.05, 3.63) is 17.2 Å². The third kappa shape index (κ3) is 6.40. The van der Waals surface area contributed by atoms with Crippen LogP contribution in [0.2, 0.25) is 0 Å². The molecule has 0 spiro atoms. The number of aromatic nitrogens is 1. The fraction of sp³-hybridized carbons (Fsp3) is 0.500. The van der Waals surface area contributed by atoms with Crippen molar-refractivity contribution in [2.24, 2.45) is 0 Å². The summed E-state index contributed by atoms with van der Waals surface area (Å²) in [6.07, 6.45) is 1.86. The van der Waals surface area contributed by atoms with Crippen molar-refractivity contribution >= 4 is 34.1 Å². The van der Waals surface area contributed by atoms with Gasteiger partial charge in [0.1, 0.15) is 5.60 Å². The Morgan fingerprint density at radius 1 is 1.48 bits per heavy atom. The van der Waals surface area contributed by atoms with Crippen molar-refractivity contribution in [2.45, 2.75) is 46.1 Å². The number of aliphatic carboxylic acids is 1. The number of rotatable bonds is 5. The average molecular weight is 312 g/mol. The molecule has 6 nitrogen and oxygen atoms in total. The number of amides is 1. The van der Waals surface area contributed by atoms with E-state index in [1.165, 1.54) is 11.3 Å². The normalized spacial score (nSPS) is 12.1. The largest absolute Gasteiger partial charge is 0.481 e. The summed E-state index contributed by atoms with van der Waals surface area (Å²) in [5.41, 5.74) is 0.620. The molecule has 1 heterocycles. The van der Waals surface area contributed by atoms with Gasteiger partial charge in [-0.1, -0.05) is 13.0 Å². The van der Waals surface area contributed by atoms with E-state index in [1.54, 1.807) is 26.2 Å². The van der Waals surface area contributed by atoms with Crippen molar-refractivity contribution < 1.29 is 19.4 Å². The molecule has 0 aromatic carbocycles. The van der Waals surface area contributed by atoms with Gasteiger partial charge in [0.2, 0.25) is 0 Å². The molecule has 1 aromatic heterocycles. The molecule has 7 heteroatoms. The summed E-state index contributed by atoms with van der Waals surface area (Å²) in [6, 6.07) is 0. The summed E-state index contributed by atoms with van der Waals surface area (Å²) in [5.74, 6) is -0.913. The Morgan fingerprint density at radius 3 is 2.67 bits per heavy atom. The van der Waals surface area contributed by atoms with E-state index in [-0.39, 0.29) is 6.42 Å². The maximum atomic E-state index is 11.6. The number of carboxylic acid groups (broad SMARTS) is 1. The Morgan fingerprint density at radius 2 is 2.14 bits per heavy atom. The number of ether oxygens (including phenoxy) is 1. The smallest absolute Gasteiger partial charge is 0.413 e. The fourth-order valence-electron chi connectivity index (χ4n) is 1.55. The number of carbonyl (C=O) groups excluding carboxylic acids is 1. The highest BCUT2D eigenvalue weighted by atomic mass is 32.1. The molecule has 21 heavy (non-hydrogen) atoms. The molecule has 2 N–H and O–H groups in total. The molecule has 0 bridgehead atoms. The summed E-state index contributed by atoms with van der Waals surface area (Å²) >= 11 is 1.23. The van der Waals surface area contributed by atoms with Gasteiger partial charge in [0.25, 0.3) is 0 Å². The van der Waals surface area contributed by atoms with Crippen LogP contribution in [0.15, 0.2) is 11.5 Å². The SMILES string of the molecule is CC/C=C(/CC(=O)O)c1csc(NC(=O)OC(C)(C)C)n1. The maximum absolute atomic E-state index is 11.6. The molecule has 116 valence electrons. The molecule has 1 rings (SSSR count). The first kappa shape index (κ1) is 17.2. The van der Waals surface area contributed by atoms with E-state index >= 15 is 0 Å². The van der Waals surface area contributed by atoms with Gasteiger partial charge in [-0.05, 0) is 32.8 Å². The number of hydrogen-bond donors (Lipinski definition) is 2. The lowest BCUT2D eigenvalue weighted by Crippen LogP contribution is -2.27. The van der Waals surface area contributed by atoms with Gasteiger partial charge < -0.3 is 9.84 Å². The molecule has 0 saturated carbocycles. The minimum Gasteiger partial charge on any atom is -0.481 e. The van der Waals surface area contributed by atoms with Gasteiger partial charge >= 0.3 is 12.1 Å². The third-order valence-corrected chi connectivity index (χ3v) is 2.99. The second kappa shape index (κ2) is 7.21. The molecular weight excluding hydrogens is 292 g/mol. The summed E-state index contributed by atoms with van der Waals surface area (Å²) in [4.78, 5) is 26.7. The predicted molar refractivity (Wildman–Crippen MR) is 82.5 cm³/mol. The number of hydrogen-bond acceptors (Lipinski definition) is 5. The van der Waals surface area contributed by atoms with Crippen LogP contribution in [0, 0.1) is 0 Å². The molecule has 1 aromatic rings. The first-order valence-corrected chi connectivity index (χ1v) is 7.46. The van der Waals surface area contributed by atoms with Gasteiger partial charge in [-0.15, -0.1) is 11.3 Å². The minimum atomic E-state index is -0.913. The number of thiazole rings is 1. The van der Waals surface area contributed by atoms with Gasteiger partial charge in [0.05, 0.1) is 12.1 Å². The van der Waals surface area contributed by atoms with Gasteiger partial charge in [0, 0.05) is 5.38 Å². The van der Waals surface area contributed by atoms with Crippen LogP contribution >= 0.6 is 11.3 Å². The number of carboxylic acids is 1. The Labute approximate surface area is 127 Å². The highest BCUT2D eigenvalue weighted by molar-refractivity contribution is 7.14. The topological polar surface area (TPSA) is 88.5 Å². The second-order valence-corrected chi connectivity index (χ2v) is 6.23. The van der Waals surface area contributed by atoms with Gasteiger partial charge in [0.15, 0.2) is 5.13 Å². The Hall–Kier alpha value is -1.89. The lowest BCUT2D eigenvalue weighted by molar-refractivity contribution is -0.135. The van der Waals surface area contributed by atoms with Crippen molar-refractivity contribution in [3.8, 4) is 0 Å². The summed E-state index contributed by atoms with van der Waals surface area (Å²) < 4.78 is 5.13. The molecule has 0 radical (unpaired) electrons. The number of allylic oxidation sites excluding steroid dienone is 1. The van der Waals surface area contributed by atoms with Crippen LogP contribution in [-0.4, -0.2) is 27.8 Å². The summed E-state index contributed by atoms with van der Waals surface area (Å²) in [5, 5.41) is 13.5. The lowest BCUT2D eigenvalue weighted by Gasteiger charge is -2.18. The van der Waals surface area contributed by atoms with Gasteiger partial charge in [-0.2, -0.15) is 0 Å². The monoisotopic (exact) mass is 312 g/mol. The molecule has 0 fully saturated rings. The highest BCUT2D eigenvalue weighted by Gasteiger charge is 2.18. The first-order valence-electron chi connectivity index (χ1n) is 6.58. The van der Waals surface area contributed by atoms with Crippen molar-refractivity contribution in [1.29, 1.82) is 0 Å². The quantitative estimate of drug-likeness (QED) is 0.864. The third-order valence-electron chi connectivity index (χ3n) is 2.23. The van der Waals surface area contributed by atoms with Crippen LogP contribution in [0.4, 0.5) is 9.93 Å². The number of carbonyl (C=O) groups is 2. The molecule has 0 saturated heterocycles. The van der Waals surface area contributed by atoms with Gasteiger partial charge in [-0.3, -0.25) is 10.1 Å². The molecule has 0 unspecified atom stereocenters. The Kier molecular flexibility index (Phi) is 5.90. The highest BCUT2D eigenvalue weighted by Crippen LogP contribution is 2.24. The van der Waals surface area contributed by atoms with Crippen LogP contribution in [0.3, 0.4) is 0 Å². The standard InChI is InChI=1S/C14H20N2O4S/c1-5-6-9(7-11(17)18)10-8-21-12(15-10)16-13(19)20-14(2,3)4/h6,8H,5,7H2,1-4H3,(H,17,18)(H,15,16,19)/b9-6-. The average Bonchev–Trinajstić information content (AvgIpc) is 2.73. The summed E-state index contributed by atoms with van der Waals surface area (Å²) in [7, 11) is 0. The van der Waals surface area contributed by atoms with E-state index in [2.05, 4.69) is 10.3 Å². The number of nitrogens with zero attached hydrogens (tertiary/aromatic N) is 1. The van der Waals surface area contributed by atoms with Crippen LogP contribution in [0.25, 0.3) is 5.57 Å². The Balaban J connectivity index is 2.78. The zero-order chi connectivity index (χ0) is 16.0. The second-order valence-electron chi connectivity index (χ2n) is 5.37. The molecular formula is C14H20N2O4S. The zero-order valence-corrected chi connectivity index (χ0v) is 13.4. The van der Waals surface area contributed by atoms with E-state index in [4.69, 9.17) is 9.84 Å². The van der Waals surface area contributed by atoms with Crippen LogP contribution in [-0.2, 0) is 9.53 Å². The Bertz CT molecular complexity index is 543. The fourth-order valence-corrected chi connectivity index (χ4v) is 2.27. The van der Waals surface area contributed by atoms with Crippen LogP contribution in [0.5, 0.6) is 0 Å². The van der Waals surface area contributed by atoms with Crippen molar-refractivity contribution in [1.82, 2.24) is 4.98 Å². The number of anilines is 1.